The number of fused-ring (bicyclic) bond motifs is 3. The van der Waals surface area contributed by atoms with E-state index < -0.39 is 0 Å². The van der Waals surface area contributed by atoms with Gasteiger partial charge in [-0.05, 0) is 61.0 Å². The van der Waals surface area contributed by atoms with Crippen molar-refractivity contribution in [1.29, 1.82) is 5.26 Å². The largest absolute Gasteiger partial charge is 0.488 e. The van der Waals surface area contributed by atoms with Crippen molar-refractivity contribution in [2.45, 2.75) is 26.6 Å². The molecule has 5 rings (SSSR count). The molecule has 0 radical (unpaired) electrons. The topological polar surface area (TPSA) is 62.9 Å². The molecule has 0 bridgehead atoms. The zero-order valence-corrected chi connectivity index (χ0v) is 18.5. The van der Waals surface area contributed by atoms with Gasteiger partial charge in [-0.3, -0.25) is 0 Å². The second kappa shape index (κ2) is 8.53. The molecule has 2 heterocycles. The molecule has 33 heavy (non-hydrogen) atoms. The van der Waals surface area contributed by atoms with Crippen molar-refractivity contribution in [2.24, 2.45) is 0 Å². The predicted molar refractivity (Wildman–Crippen MR) is 126 cm³/mol. The molecule has 0 aliphatic carbocycles. The Kier molecular flexibility index (Phi) is 5.41. The van der Waals surface area contributed by atoms with Crippen LogP contribution in [0.15, 0.2) is 66.2 Å². The first-order chi connectivity index (χ1) is 16.1. The van der Waals surface area contributed by atoms with Crippen LogP contribution in [-0.2, 0) is 19.7 Å². The molecule has 1 aliphatic rings. The maximum atomic E-state index is 13.9. The van der Waals surface area contributed by atoms with Gasteiger partial charge in [0.05, 0.1) is 23.6 Å². The van der Waals surface area contributed by atoms with E-state index in [9.17, 15) is 9.65 Å². The summed E-state index contributed by atoms with van der Waals surface area (Å²) >= 11 is 0. The number of ether oxygens (including phenoxy) is 1. The Labute approximate surface area is 191 Å². The zero-order valence-electron chi connectivity index (χ0n) is 18.5. The fraction of sp³-hybridized carbons (Fsp3) is 0.185. The Morgan fingerprint density at radius 2 is 1.97 bits per heavy atom. The molecule has 1 N–H and O–H groups in total. The summed E-state index contributed by atoms with van der Waals surface area (Å²) in [7, 11) is 1.91. The highest BCUT2D eigenvalue weighted by Gasteiger charge is 2.22. The Hall–Kier alpha value is -3.95. The van der Waals surface area contributed by atoms with Gasteiger partial charge in [-0.15, -0.1) is 0 Å². The van der Waals surface area contributed by atoms with Crippen molar-refractivity contribution >= 4 is 16.6 Å². The van der Waals surface area contributed by atoms with Gasteiger partial charge in [0.1, 0.15) is 24.0 Å². The molecule has 0 amide bonds. The fourth-order valence-corrected chi connectivity index (χ4v) is 4.47. The van der Waals surface area contributed by atoms with Crippen LogP contribution in [0.5, 0.6) is 5.75 Å². The van der Waals surface area contributed by atoms with Gasteiger partial charge >= 0.3 is 0 Å². The summed E-state index contributed by atoms with van der Waals surface area (Å²) in [6, 6.07) is 21.1. The molecule has 0 spiro atoms. The number of benzene rings is 3. The van der Waals surface area contributed by atoms with Crippen LogP contribution < -0.4 is 10.1 Å². The van der Waals surface area contributed by atoms with Crippen LogP contribution in [-0.4, -0.2) is 16.6 Å². The number of rotatable bonds is 4. The highest BCUT2D eigenvalue weighted by molar-refractivity contribution is 5.88. The lowest BCUT2D eigenvalue weighted by atomic mass is 9.90. The minimum absolute atomic E-state index is 0.301. The third-order valence-corrected chi connectivity index (χ3v) is 5.99. The molecule has 0 saturated carbocycles. The molecule has 0 fully saturated rings. The number of hydrogen-bond donors (Lipinski definition) is 1. The van der Waals surface area contributed by atoms with Gasteiger partial charge in [0.25, 0.3) is 0 Å². The fourth-order valence-electron chi connectivity index (χ4n) is 4.47. The molecule has 164 valence electrons. The number of allylic oxidation sites excluding steroid dienone is 1. The van der Waals surface area contributed by atoms with Crippen molar-refractivity contribution in [1.82, 2.24) is 14.9 Å². The summed E-state index contributed by atoms with van der Waals surface area (Å²) in [5.74, 6) is 1.06. The summed E-state index contributed by atoms with van der Waals surface area (Å²) in [4.78, 5) is 4.78. The molecule has 1 aromatic heterocycles. The SMILES string of the molecule is CNCc1nc2ccccc2n1Cc1ccc2c(c1)COc1cc(F)ccc1C2=C(C)C#N. The number of aromatic nitrogens is 2. The number of imidazole rings is 1. The molecule has 0 atom stereocenters. The van der Waals surface area contributed by atoms with Crippen molar-refractivity contribution in [3.8, 4) is 11.8 Å². The van der Waals surface area contributed by atoms with Crippen molar-refractivity contribution in [3.63, 3.8) is 0 Å². The van der Waals surface area contributed by atoms with E-state index in [4.69, 9.17) is 9.72 Å². The summed E-state index contributed by atoms with van der Waals surface area (Å²) in [5.41, 5.74) is 7.14. The van der Waals surface area contributed by atoms with Crippen LogP contribution in [0.3, 0.4) is 0 Å². The minimum Gasteiger partial charge on any atom is -0.488 e. The van der Waals surface area contributed by atoms with E-state index in [0.717, 1.165) is 44.7 Å². The number of nitrogens with one attached hydrogen (secondary N) is 1. The molecule has 5 nitrogen and oxygen atoms in total. The normalized spacial score (nSPS) is 14.1. The van der Waals surface area contributed by atoms with Crippen LogP contribution in [0.1, 0.15) is 35.0 Å². The average molecular weight is 439 g/mol. The average Bonchev–Trinajstić information content (AvgIpc) is 3.07. The summed E-state index contributed by atoms with van der Waals surface area (Å²) in [6.45, 7) is 3.41. The lowest BCUT2D eigenvalue weighted by Gasteiger charge is -2.14. The lowest BCUT2D eigenvalue weighted by molar-refractivity contribution is 0.305. The molecule has 1 aliphatic heterocycles. The van der Waals surface area contributed by atoms with E-state index in [1.54, 1.807) is 13.0 Å². The van der Waals surface area contributed by atoms with Crippen LogP contribution in [0, 0.1) is 17.1 Å². The molecule has 4 aromatic rings. The van der Waals surface area contributed by atoms with Crippen LogP contribution in [0.2, 0.25) is 0 Å². The van der Waals surface area contributed by atoms with Crippen molar-refractivity contribution < 1.29 is 9.13 Å². The second-order valence-corrected chi connectivity index (χ2v) is 8.17. The first-order valence-electron chi connectivity index (χ1n) is 10.8. The van der Waals surface area contributed by atoms with Crippen LogP contribution in [0.4, 0.5) is 4.39 Å². The van der Waals surface area contributed by atoms with Gasteiger partial charge in [-0.1, -0.05) is 24.3 Å². The number of para-hydroxylation sites is 2. The van der Waals surface area contributed by atoms with E-state index in [2.05, 4.69) is 34.2 Å². The number of hydrogen-bond acceptors (Lipinski definition) is 4. The maximum Gasteiger partial charge on any atom is 0.130 e. The zero-order chi connectivity index (χ0) is 22.9. The van der Waals surface area contributed by atoms with Gasteiger partial charge < -0.3 is 14.6 Å². The molecular weight excluding hydrogens is 415 g/mol. The number of nitrogens with zero attached hydrogens (tertiary/aromatic N) is 3. The Balaban J connectivity index is 1.60. The van der Waals surface area contributed by atoms with Crippen LogP contribution >= 0.6 is 0 Å². The monoisotopic (exact) mass is 438 g/mol. The maximum absolute atomic E-state index is 13.9. The predicted octanol–water partition coefficient (Wildman–Crippen LogP) is 5.18. The van der Waals surface area contributed by atoms with E-state index >= 15 is 0 Å². The first kappa shape index (κ1) is 20.9. The highest BCUT2D eigenvalue weighted by Crippen LogP contribution is 2.39. The summed E-state index contributed by atoms with van der Waals surface area (Å²) in [6.07, 6.45) is 0. The summed E-state index contributed by atoms with van der Waals surface area (Å²) < 4.78 is 22.1. The Morgan fingerprint density at radius 1 is 1.15 bits per heavy atom. The third-order valence-electron chi connectivity index (χ3n) is 5.99. The number of halogens is 1. The van der Waals surface area contributed by atoms with Gasteiger partial charge in [-0.2, -0.15) is 5.26 Å². The van der Waals surface area contributed by atoms with Crippen molar-refractivity contribution in [2.75, 3.05) is 7.05 Å². The standard InChI is InChI=1S/C27H23FN4O/c1-17(13-29)27-21-9-7-18(11-19(21)16-33-25-12-20(28)8-10-22(25)27)15-32-24-6-4-3-5-23(24)31-26(32)14-30-2/h3-12,30H,14-16H2,1-2H3. The van der Waals surface area contributed by atoms with Gasteiger partial charge in [-0.25, -0.2) is 9.37 Å². The Bertz CT molecular complexity index is 1440. The van der Waals surface area contributed by atoms with E-state index in [1.165, 1.54) is 12.1 Å². The third kappa shape index (κ3) is 3.77. The number of nitriles is 1. The van der Waals surface area contributed by atoms with E-state index in [0.29, 0.717) is 31.0 Å². The minimum atomic E-state index is -0.363. The van der Waals surface area contributed by atoms with Crippen LogP contribution in [0.25, 0.3) is 16.6 Å². The van der Waals surface area contributed by atoms with E-state index in [-0.39, 0.29) is 5.82 Å². The summed E-state index contributed by atoms with van der Waals surface area (Å²) in [5, 5.41) is 12.9. The lowest BCUT2D eigenvalue weighted by Crippen LogP contribution is -2.13. The molecule has 3 aromatic carbocycles. The second-order valence-electron chi connectivity index (χ2n) is 8.17. The molecule has 0 saturated heterocycles. The quantitative estimate of drug-likeness (QED) is 0.446. The first-order valence-corrected chi connectivity index (χ1v) is 10.8. The smallest absolute Gasteiger partial charge is 0.130 e. The van der Waals surface area contributed by atoms with E-state index in [1.807, 2.05) is 31.3 Å². The molecule has 6 heteroatoms. The van der Waals surface area contributed by atoms with Gasteiger partial charge in [0.15, 0.2) is 0 Å². The molecular formula is C27H23FN4O. The molecule has 0 unspecified atom stereocenters. The van der Waals surface area contributed by atoms with Gasteiger partial charge in [0.2, 0.25) is 0 Å². The van der Waals surface area contributed by atoms with Crippen molar-refractivity contribution in [3.05, 3.63) is 100 Å². The Morgan fingerprint density at radius 3 is 2.79 bits per heavy atom. The van der Waals surface area contributed by atoms with Gasteiger partial charge in [0, 0.05) is 29.3 Å². The highest BCUT2D eigenvalue weighted by atomic mass is 19.1.